The fourth-order valence-electron chi connectivity index (χ4n) is 4.86. The van der Waals surface area contributed by atoms with Crippen LogP contribution in [0.5, 0.6) is 0 Å². The zero-order valence-electron chi connectivity index (χ0n) is 13.5. The number of hydrogen-bond acceptors (Lipinski definition) is 3. The Bertz CT molecular complexity index is 343. The number of hydrogen-bond donors (Lipinski definition) is 1. The van der Waals surface area contributed by atoms with Gasteiger partial charge in [-0.3, -0.25) is 4.90 Å². The Kier molecular flexibility index (Phi) is 4.25. The Balaban J connectivity index is 1.31. The summed E-state index contributed by atoms with van der Waals surface area (Å²) in [6.45, 7) is 3.69. The largest absolute Gasteiger partial charge is 0.370 e. The van der Waals surface area contributed by atoms with E-state index in [1.54, 1.807) is 0 Å². The lowest BCUT2D eigenvalue weighted by Gasteiger charge is -2.34. The molecule has 21 heavy (non-hydrogen) atoms. The molecular weight excluding hydrogens is 260 g/mol. The average molecular weight is 292 g/mol. The van der Waals surface area contributed by atoms with Gasteiger partial charge in [-0.15, -0.1) is 0 Å². The van der Waals surface area contributed by atoms with Crippen molar-refractivity contribution in [2.45, 2.75) is 94.4 Å². The molecule has 3 nitrogen and oxygen atoms in total. The molecule has 4 rings (SSSR count). The summed E-state index contributed by atoms with van der Waals surface area (Å²) < 4.78 is 6.60. The lowest BCUT2D eigenvalue weighted by molar-refractivity contribution is -0.0728. The van der Waals surface area contributed by atoms with Gasteiger partial charge in [0.15, 0.2) is 0 Å². The van der Waals surface area contributed by atoms with Gasteiger partial charge in [-0.05, 0) is 57.9 Å². The van der Waals surface area contributed by atoms with Gasteiger partial charge in [-0.2, -0.15) is 0 Å². The standard InChI is InChI=1S/C18H32N2O/c1-2-9-18(10-3-1)11-8-17(21-18)14-20(16-6-7-16)13-15-5-4-12-19-15/h15-17,19H,1-14H2. The smallest absolute Gasteiger partial charge is 0.0710 e. The number of nitrogens with one attached hydrogen (secondary N) is 1. The van der Waals surface area contributed by atoms with Crippen molar-refractivity contribution in [2.75, 3.05) is 19.6 Å². The van der Waals surface area contributed by atoms with Crippen LogP contribution in [-0.2, 0) is 4.74 Å². The van der Waals surface area contributed by atoms with Crippen molar-refractivity contribution < 1.29 is 4.74 Å². The highest BCUT2D eigenvalue weighted by Crippen LogP contribution is 2.42. The van der Waals surface area contributed by atoms with E-state index in [1.807, 2.05) is 0 Å². The predicted molar refractivity (Wildman–Crippen MR) is 85.5 cm³/mol. The molecule has 2 aliphatic heterocycles. The Morgan fingerprint density at radius 1 is 0.905 bits per heavy atom. The minimum Gasteiger partial charge on any atom is -0.370 e. The second kappa shape index (κ2) is 6.17. The van der Waals surface area contributed by atoms with E-state index in [1.165, 1.54) is 90.3 Å². The second-order valence-corrected chi connectivity index (χ2v) is 8.00. The third-order valence-corrected chi connectivity index (χ3v) is 6.22. The van der Waals surface area contributed by atoms with Gasteiger partial charge >= 0.3 is 0 Å². The predicted octanol–water partition coefficient (Wildman–Crippen LogP) is 3.08. The lowest BCUT2D eigenvalue weighted by atomic mass is 9.83. The molecule has 2 atom stereocenters. The first-order valence-electron chi connectivity index (χ1n) is 9.48. The van der Waals surface area contributed by atoms with Gasteiger partial charge in [0.25, 0.3) is 0 Å². The van der Waals surface area contributed by atoms with E-state index >= 15 is 0 Å². The molecule has 1 N–H and O–H groups in total. The minimum absolute atomic E-state index is 0.295. The van der Waals surface area contributed by atoms with Gasteiger partial charge in [0.1, 0.15) is 0 Å². The Hall–Kier alpha value is -0.120. The highest BCUT2D eigenvalue weighted by atomic mass is 16.5. The van der Waals surface area contributed by atoms with Crippen LogP contribution in [0.25, 0.3) is 0 Å². The average Bonchev–Trinajstić information content (AvgIpc) is 3.10. The molecule has 0 aromatic heterocycles. The summed E-state index contributed by atoms with van der Waals surface area (Å²) >= 11 is 0. The van der Waals surface area contributed by atoms with Crippen molar-refractivity contribution in [2.24, 2.45) is 0 Å². The van der Waals surface area contributed by atoms with Crippen LogP contribution in [0.2, 0.25) is 0 Å². The summed E-state index contributed by atoms with van der Waals surface area (Å²) in [5.74, 6) is 0. The molecule has 2 heterocycles. The maximum Gasteiger partial charge on any atom is 0.0710 e. The Labute approximate surface area is 129 Å². The SMILES string of the molecule is C1CCC2(CC1)CCC(CN(CC1CCCN1)C1CC1)O2. The normalized spacial score (nSPS) is 35.9. The first-order valence-corrected chi connectivity index (χ1v) is 9.48. The van der Waals surface area contributed by atoms with E-state index in [-0.39, 0.29) is 0 Å². The summed E-state index contributed by atoms with van der Waals surface area (Å²) in [6.07, 6.45) is 15.6. The quantitative estimate of drug-likeness (QED) is 0.843. The van der Waals surface area contributed by atoms with Crippen molar-refractivity contribution in [1.29, 1.82) is 0 Å². The third kappa shape index (κ3) is 3.46. The molecule has 2 unspecified atom stereocenters. The van der Waals surface area contributed by atoms with E-state index in [0.29, 0.717) is 11.7 Å². The Morgan fingerprint density at radius 3 is 2.48 bits per heavy atom. The van der Waals surface area contributed by atoms with Gasteiger partial charge in [0, 0.05) is 25.2 Å². The molecule has 4 aliphatic rings. The molecule has 0 aromatic rings. The van der Waals surface area contributed by atoms with E-state index in [9.17, 15) is 0 Å². The molecule has 1 spiro atoms. The van der Waals surface area contributed by atoms with Crippen molar-refractivity contribution >= 4 is 0 Å². The molecule has 0 aromatic carbocycles. The highest BCUT2D eigenvalue weighted by molar-refractivity contribution is 4.95. The molecule has 0 radical (unpaired) electrons. The van der Waals surface area contributed by atoms with Crippen LogP contribution in [0.4, 0.5) is 0 Å². The van der Waals surface area contributed by atoms with E-state index < -0.39 is 0 Å². The first kappa shape index (κ1) is 14.5. The van der Waals surface area contributed by atoms with Gasteiger partial charge in [-0.1, -0.05) is 19.3 Å². The molecule has 4 fully saturated rings. The van der Waals surface area contributed by atoms with Crippen LogP contribution >= 0.6 is 0 Å². The van der Waals surface area contributed by atoms with Crippen LogP contribution in [0, 0.1) is 0 Å². The van der Waals surface area contributed by atoms with Crippen LogP contribution in [0.3, 0.4) is 0 Å². The van der Waals surface area contributed by atoms with Crippen LogP contribution in [0.1, 0.15) is 70.6 Å². The molecule has 2 saturated carbocycles. The number of nitrogens with zero attached hydrogens (tertiary/aromatic N) is 1. The number of rotatable bonds is 5. The topological polar surface area (TPSA) is 24.5 Å². The van der Waals surface area contributed by atoms with Crippen LogP contribution in [-0.4, -0.2) is 48.3 Å². The van der Waals surface area contributed by atoms with Crippen LogP contribution in [0.15, 0.2) is 0 Å². The second-order valence-electron chi connectivity index (χ2n) is 8.00. The van der Waals surface area contributed by atoms with Crippen molar-refractivity contribution in [3.63, 3.8) is 0 Å². The van der Waals surface area contributed by atoms with Crippen molar-refractivity contribution in [3.8, 4) is 0 Å². The molecular formula is C18H32N2O. The highest BCUT2D eigenvalue weighted by Gasteiger charge is 2.42. The molecule has 120 valence electrons. The van der Waals surface area contributed by atoms with Crippen molar-refractivity contribution in [1.82, 2.24) is 10.2 Å². The van der Waals surface area contributed by atoms with E-state index in [0.717, 1.165) is 12.1 Å². The molecule has 0 amide bonds. The zero-order valence-corrected chi connectivity index (χ0v) is 13.5. The maximum atomic E-state index is 6.60. The first-order chi connectivity index (χ1) is 10.3. The van der Waals surface area contributed by atoms with Gasteiger partial charge in [0.05, 0.1) is 11.7 Å². The number of ether oxygens (including phenoxy) is 1. The van der Waals surface area contributed by atoms with E-state index in [4.69, 9.17) is 4.74 Å². The van der Waals surface area contributed by atoms with Gasteiger partial charge in [-0.25, -0.2) is 0 Å². The molecule has 2 saturated heterocycles. The summed E-state index contributed by atoms with van der Waals surface area (Å²) in [7, 11) is 0. The van der Waals surface area contributed by atoms with Gasteiger partial charge < -0.3 is 10.1 Å². The summed E-state index contributed by atoms with van der Waals surface area (Å²) in [5, 5.41) is 3.67. The summed E-state index contributed by atoms with van der Waals surface area (Å²) in [4.78, 5) is 2.76. The third-order valence-electron chi connectivity index (χ3n) is 6.22. The van der Waals surface area contributed by atoms with Crippen molar-refractivity contribution in [3.05, 3.63) is 0 Å². The molecule has 2 aliphatic carbocycles. The fraction of sp³-hybridized carbons (Fsp3) is 1.00. The van der Waals surface area contributed by atoms with Crippen LogP contribution < -0.4 is 5.32 Å². The Morgan fingerprint density at radius 2 is 1.76 bits per heavy atom. The lowest BCUT2D eigenvalue weighted by Crippen LogP contribution is -2.43. The summed E-state index contributed by atoms with van der Waals surface area (Å²) in [5.41, 5.74) is 0.295. The zero-order chi connectivity index (χ0) is 14.1. The molecule has 3 heteroatoms. The monoisotopic (exact) mass is 292 g/mol. The van der Waals surface area contributed by atoms with Gasteiger partial charge in [0.2, 0.25) is 0 Å². The minimum atomic E-state index is 0.295. The maximum absolute atomic E-state index is 6.60. The summed E-state index contributed by atoms with van der Waals surface area (Å²) in [6, 6.07) is 1.62. The fourth-order valence-corrected chi connectivity index (χ4v) is 4.86. The molecule has 0 bridgehead atoms. The van der Waals surface area contributed by atoms with E-state index in [2.05, 4.69) is 10.2 Å².